The first-order valence-electron chi connectivity index (χ1n) is 6.82. The Morgan fingerprint density at radius 2 is 2.18 bits per heavy atom. The first-order valence-corrected chi connectivity index (χ1v) is 6.82. The van der Waals surface area contributed by atoms with Gasteiger partial charge in [-0.05, 0) is 12.8 Å². The van der Waals surface area contributed by atoms with Crippen molar-refractivity contribution in [1.82, 2.24) is 14.6 Å². The molecule has 0 aliphatic carbocycles. The number of primary amides is 1. The van der Waals surface area contributed by atoms with E-state index in [9.17, 15) is 18.0 Å². The molecule has 2 aromatic heterocycles. The highest BCUT2D eigenvalue weighted by atomic mass is 19.4. The van der Waals surface area contributed by atoms with Crippen LogP contribution in [0.1, 0.15) is 18.5 Å². The third-order valence-electron chi connectivity index (χ3n) is 3.78. The normalized spacial score (nSPS) is 19.6. The fraction of sp³-hybridized carbons (Fsp3) is 0.462. The SMILES string of the molecule is NC(=O)C1CCCN(c2nccn3nc(C(F)(F)F)cc23)C1. The molecule has 1 fully saturated rings. The van der Waals surface area contributed by atoms with Gasteiger partial charge in [0.1, 0.15) is 5.52 Å². The minimum absolute atomic E-state index is 0.264. The van der Waals surface area contributed by atoms with Crippen molar-refractivity contribution in [2.75, 3.05) is 18.0 Å². The summed E-state index contributed by atoms with van der Waals surface area (Å²) in [6.07, 6.45) is -0.341. The molecule has 22 heavy (non-hydrogen) atoms. The van der Waals surface area contributed by atoms with Gasteiger partial charge in [0.25, 0.3) is 0 Å². The minimum Gasteiger partial charge on any atom is -0.369 e. The van der Waals surface area contributed by atoms with E-state index < -0.39 is 17.8 Å². The highest BCUT2D eigenvalue weighted by Gasteiger charge is 2.35. The molecule has 0 saturated carbocycles. The zero-order valence-electron chi connectivity index (χ0n) is 11.5. The first kappa shape index (κ1) is 14.6. The van der Waals surface area contributed by atoms with Crippen molar-refractivity contribution in [3.63, 3.8) is 0 Å². The van der Waals surface area contributed by atoms with Gasteiger partial charge in [-0.15, -0.1) is 0 Å². The lowest BCUT2D eigenvalue weighted by molar-refractivity contribution is -0.141. The summed E-state index contributed by atoms with van der Waals surface area (Å²) in [6.45, 7) is 0.970. The molecule has 3 heterocycles. The highest BCUT2D eigenvalue weighted by molar-refractivity contribution is 5.78. The number of carbonyl (C=O) groups is 1. The number of nitrogens with two attached hydrogens (primary N) is 1. The predicted octanol–water partition coefficient (Wildman–Crippen LogP) is 1.45. The number of halogens is 3. The predicted molar refractivity (Wildman–Crippen MR) is 72.1 cm³/mol. The van der Waals surface area contributed by atoms with Crippen LogP contribution in [-0.4, -0.2) is 33.6 Å². The largest absolute Gasteiger partial charge is 0.435 e. The van der Waals surface area contributed by atoms with E-state index in [0.29, 0.717) is 25.3 Å². The van der Waals surface area contributed by atoms with Gasteiger partial charge in [0.2, 0.25) is 5.91 Å². The van der Waals surface area contributed by atoms with Crippen LogP contribution in [-0.2, 0) is 11.0 Å². The lowest BCUT2D eigenvalue weighted by atomic mass is 9.97. The van der Waals surface area contributed by atoms with Crippen LogP contribution in [0.2, 0.25) is 0 Å². The maximum atomic E-state index is 12.8. The fourth-order valence-corrected chi connectivity index (χ4v) is 2.69. The van der Waals surface area contributed by atoms with Crippen LogP contribution in [0.4, 0.5) is 19.0 Å². The summed E-state index contributed by atoms with van der Waals surface area (Å²) in [5.74, 6) is -0.335. The van der Waals surface area contributed by atoms with Crippen LogP contribution in [0, 0.1) is 5.92 Å². The lowest BCUT2D eigenvalue weighted by Crippen LogP contribution is -2.41. The van der Waals surface area contributed by atoms with E-state index in [0.717, 1.165) is 17.0 Å². The molecule has 0 spiro atoms. The molecular formula is C13H14F3N5O. The van der Waals surface area contributed by atoms with Gasteiger partial charge in [-0.3, -0.25) is 4.79 Å². The van der Waals surface area contributed by atoms with E-state index in [-0.39, 0.29) is 11.4 Å². The number of fused-ring (bicyclic) bond motifs is 1. The third-order valence-corrected chi connectivity index (χ3v) is 3.78. The Morgan fingerprint density at radius 1 is 1.41 bits per heavy atom. The molecular weight excluding hydrogens is 299 g/mol. The number of alkyl halides is 3. The van der Waals surface area contributed by atoms with Gasteiger partial charge in [0.05, 0.1) is 5.92 Å². The molecule has 2 N–H and O–H groups in total. The van der Waals surface area contributed by atoms with Crippen LogP contribution >= 0.6 is 0 Å². The zero-order valence-corrected chi connectivity index (χ0v) is 11.5. The fourth-order valence-electron chi connectivity index (χ4n) is 2.69. The molecule has 6 nitrogen and oxygen atoms in total. The number of piperidine rings is 1. The van der Waals surface area contributed by atoms with E-state index in [4.69, 9.17) is 5.73 Å². The molecule has 1 unspecified atom stereocenters. The van der Waals surface area contributed by atoms with Crippen LogP contribution in [0.15, 0.2) is 18.5 Å². The van der Waals surface area contributed by atoms with Crippen molar-refractivity contribution < 1.29 is 18.0 Å². The van der Waals surface area contributed by atoms with Gasteiger partial charge >= 0.3 is 6.18 Å². The van der Waals surface area contributed by atoms with Crippen molar-refractivity contribution in [3.8, 4) is 0 Å². The van der Waals surface area contributed by atoms with E-state index in [1.54, 1.807) is 4.90 Å². The van der Waals surface area contributed by atoms with Gasteiger partial charge in [-0.1, -0.05) is 0 Å². The second-order valence-electron chi connectivity index (χ2n) is 5.30. The van der Waals surface area contributed by atoms with Crippen LogP contribution in [0.3, 0.4) is 0 Å². The van der Waals surface area contributed by atoms with Crippen molar-refractivity contribution in [3.05, 3.63) is 24.2 Å². The average molecular weight is 313 g/mol. The number of aromatic nitrogens is 3. The Labute approximate surface area is 123 Å². The molecule has 1 aliphatic heterocycles. The van der Waals surface area contributed by atoms with Crippen molar-refractivity contribution >= 4 is 17.2 Å². The standard InChI is InChI=1S/C13H14F3N5O/c14-13(15,16)10-6-9-12(18-3-5-21(9)19-10)20-4-1-2-8(7-20)11(17)22/h3,5-6,8H,1-2,4,7H2,(H2,17,22). The average Bonchev–Trinajstić information content (AvgIpc) is 2.91. The molecule has 3 rings (SSSR count). The van der Waals surface area contributed by atoms with Crippen LogP contribution in [0.5, 0.6) is 0 Å². The second-order valence-corrected chi connectivity index (χ2v) is 5.30. The van der Waals surface area contributed by atoms with Gasteiger partial charge in [-0.2, -0.15) is 18.3 Å². The molecule has 118 valence electrons. The number of nitrogens with zero attached hydrogens (tertiary/aromatic N) is 4. The van der Waals surface area contributed by atoms with Gasteiger partial charge in [-0.25, -0.2) is 9.50 Å². The maximum Gasteiger partial charge on any atom is 0.435 e. The number of anilines is 1. The number of rotatable bonds is 2. The second kappa shape index (κ2) is 5.15. The van der Waals surface area contributed by atoms with E-state index in [1.165, 1.54) is 12.4 Å². The Morgan fingerprint density at radius 3 is 2.86 bits per heavy atom. The van der Waals surface area contributed by atoms with E-state index in [2.05, 4.69) is 10.1 Å². The molecule has 1 saturated heterocycles. The lowest BCUT2D eigenvalue weighted by Gasteiger charge is -2.32. The number of hydrogen-bond acceptors (Lipinski definition) is 4. The summed E-state index contributed by atoms with van der Waals surface area (Å²) in [4.78, 5) is 17.3. The van der Waals surface area contributed by atoms with E-state index in [1.807, 2.05) is 0 Å². The molecule has 2 aromatic rings. The summed E-state index contributed by atoms with van der Waals surface area (Å²) in [5, 5.41) is 3.53. The molecule has 1 atom stereocenters. The Bertz CT molecular complexity index is 711. The van der Waals surface area contributed by atoms with Gasteiger partial charge in [0.15, 0.2) is 11.5 Å². The molecule has 1 amide bonds. The third kappa shape index (κ3) is 2.58. The van der Waals surface area contributed by atoms with Crippen LogP contribution < -0.4 is 10.6 Å². The zero-order chi connectivity index (χ0) is 15.9. The van der Waals surface area contributed by atoms with E-state index >= 15 is 0 Å². The first-order chi connectivity index (χ1) is 10.4. The summed E-state index contributed by atoms with van der Waals surface area (Å²) in [5.41, 5.74) is 4.63. The van der Waals surface area contributed by atoms with Crippen LogP contribution in [0.25, 0.3) is 5.52 Å². The maximum absolute atomic E-state index is 12.8. The van der Waals surface area contributed by atoms with Crippen molar-refractivity contribution in [2.45, 2.75) is 19.0 Å². The number of hydrogen-bond donors (Lipinski definition) is 1. The van der Waals surface area contributed by atoms with Crippen molar-refractivity contribution in [2.24, 2.45) is 11.7 Å². The number of amides is 1. The Hall–Kier alpha value is -2.32. The summed E-state index contributed by atoms with van der Waals surface area (Å²) in [6, 6.07) is 0.968. The Balaban J connectivity index is 2.00. The molecule has 0 bridgehead atoms. The molecule has 1 aliphatic rings. The minimum atomic E-state index is -4.51. The summed E-state index contributed by atoms with van der Waals surface area (Å²) in [7, 11) is 0. The molecule has 0 aromatic carbocycles. The molecule has 9 heteroatoms. The number of carbonyl (C=O) groups excluding carboxylic acids is 1. The van der Waals surface area contributed by atoms with Gasteiger partial charge < -0.3 is 10.6 Å². The van der Waals surface area contributed by atoms with Gasteiger partial charge in [0, 0.05) is 31.5 Å². The Kier molecular flexibility index (Phi) is 3.42. The highest BCUT2D eigenvalue weighted by Crippen LogP contribution is 2.31. The summed E-state index contributed by atoms with van der Waals surface area (Å²) >= 11 is 0. The quantitative estimate of drug-likeness (QED) is 0.910. The van der Waals surface area contributed by atoms with Crippen molar-refractivity contribution in [1.29, 1.82) is 0 Å². The monoisotopic (exact) mass is 313 g/mol. The summed E-state index contributed by atoms with van der Waals surface area (Å²) < 4.78 is 39.5. The topological polar surface area (TPSA) is 76.5 Å². The molecule has 0 radical (unpaired) electrons. The smallest absolute Gasteiger partial charge is 0.369 e.